The van der Waals surface area contributed by atoms with Gasteiger partial charge in [0, 0.05) is 18.2 Å². The van der Waals surface area contributed by atoms with Crippen molar-refractivity contribution in [3.8, 4) is 0 Å². The molecule has 2 aliphatic heterocycles. The largest absolute Gasteiger partial charge is 0.483 e. The van der Waals surface area contributed by atoms with Crippen LogP contribution in [0.4, 0.5) is 0 Å². The topological polar surface area (TPSA) is 283 Å². The Hall–Kier alpha value is -1.34. The van der Waals surface area contributed by atoms with E-state index in [1.165, 1.54) is 13.1 Å². The van der Waals surface area contributed by atoms with E-state index in [4.69, 9.17) is 15.2 Å². The maximum atomic E-state index is 12.2. The van der Waals surface area contributed by atoms with Crippen LogP contribution in [0.3, 0.4) is 0 Å². The first-order valence-electron chi connectivity index (χ1n) is 10.4. The molecule has 18 nitrogen and oxygen atoms in total. The Kier molecular flexibility index (Phi) is 9.08. The highest BCUT2D eigenvalue weighted by atomic mass is 31.3. The Morgan fingerprint density at radius 3 is 2.44 bits per heavy atom. The Balaban J connectivity index is 1.59. The van der Waals surface area contributed by atoms with Crippen LogP contribution in [-0.2, 0) is 32.0 Å². The number of aliphatic hydroxyl groups is 4. The number of phosphoric acid groups is 2. The molecule has 2 fully saturated rings. The second-order valence-electron chi connectivity index (χ2n) is 8.11. The molecule has 3 heterocycles. The van der Waals surface area contributed by atoms with Gasteiger partial charge in [-0.05, 0) is 6.92 Å². The zero-order chi connectivity index (χ0) is 27.0. The van der Waals surface area contributed by atoms with Crippen LogP contribution >= 0.6 is 15.6 Å². The van der Waals surface area contributed by atoms with Crippen molar-refractivity contribution in [3.63, 3.8) is 0 Å². The van der Waals surface area contributed by atoms with Gasteiger partial charge in [0.15, 0.2) is 6.29 Å². The zero-order valence-corrected chi connectivity index (χ0v) is 20.4. The monoisotopic (exact) mass is 563 g/mol. The van der Waals surface area contributed by atoms with E-state index in [-0.39, 0.29) is 12.0 Å². The lowest BCUT2D eigenvalue weighted by Crippen LogP contribution is -2.62. The van der Waals surface area contributed by atoms with Gasteiger partial charge in [-0.2, -0.15) is 4.31 Å². The number of nitrogens with two attached hydrogens (primary N) is 1. The van der Waals surface area contributed by atoms with Crippen molar-refractivity contribution >= 4 is 15.6 Å². The van der Waals surface area contributed by atoms with Gasteiger partial charge < -0.3 is 45.4 Å². The highest BCUT2D eigenvalue weighted by Crippen LogP contribution is 2.61. The third-order valence-electron chi connectivity index (χ3n) is 5.45. The Labute approximate surface area is 202 Å². The van der Waals surface area contributed by atoms with Gasteiger partial charge in [0.05, 0.1) is 25.4 Å². The van der Waals surface area contributed by atoms with Crippen molar-refractivity contribution in [1.29, 1.82) is 0 Å². The molecule has 1 aromatic rings. The van der Waals surface area contributed by atoms with Crippen molar-refractivity contribution in [3.05, 3.63) is 32.6 Å². The van der Waals surface area contributed by atoms with Gasteiger partial charge in [0.1, 0.15) is 30.6 Å². The second-order valence-corrected chi connectivity index (χ2v) is 11.1. The van der Waals surface area contributed by atoms with E-state index >= 15 is 0 Å². The first-order valence-corrected chi connectivity index (χ1v) is 13.4. The minimum Gasteiger partial charge on any atom is -0.394 e. The van der Waals surface area contributed by atoms with Crippen LogP contribution < -0.4 is 17.0 Å². The van der Waals surface area contributed by atoms with Gasteiger partial charge in [-0.3, -0.25) is 23.4 Å². The van der Waals surface area contributed by atoms with Crippen molar-refractivity contribution < 1.29 is 62.2 Å². The van der Waals surface area contributed by atoms with Gasteiger partial charge in [0.2, 0.25) is 0 Å². The number of hydrogen-bond acceptors (Lipinski definition) is 14. The maximum absolute atomic E-state index is 12.2. The molecule has 0 bridgehead atoms. The van der Waals surface area contributed by atoms with E-state index in [1.54, 1.807) is 0 Å². The minimum atomic E-state index is -5.50. The van der Waals surface area contributed by atoms with Gasteiger partial charge in [-0.1, -0.05) is 0 Å². The Morgan fingerprint density at radius 2 is 1.81 bits per heavy atom. The summed E-state index contributed by atoms with van der Waals surface area (Å²) in [6.07, 6.45) is -9.73. The predicted molar refractivity (Wildman–Crippen MR) is 114 cm³/mol. The number of H-pyrrole nitrogens is 1. The molecule has 10 atom stereocenters. The predicted octanol–water partition coefficient (Wildman–Crippen LogP) is -3.49. The SMILES string of the molecule is Cc1cn(C2C[C@H](O)[C@@H](COP(=O)(O)OP(=O)(O)OC3O[C@H](CO)[C@@H](N)[C@H](O)[C@H]3O)O2)c(=O)[nH]c1=O. The highest BCUT2D eigenvalue weighted by molar-refractivity contribution is 7.61. The fraction of sp³-hybridized carbons (Fsp3) is 0.750. The lowest BCUT2D eigenvalue weighted by Gasteiger charge is -2.40. The third-order valence-corrected chi connectivity index (χ3v) is 8.05. The fourth-order valence-corrected chi connectivity index (χ4v) is 5.67. The summed E-state index contributed by atoms with van der Waals surface area (Å²) in [4.78, 5) is 45.2. The number of phosphoric ester groups is 2. The van der Waals surface area contributed by atoms with Crippen LogP contribution in [0.5, 0.6) is 0 Å². The van der Waals surface area contributed by atoms with Crippen LogP contribution in [-0.4, -0.2) is 95.8 Å². The average molecular weight is 563 g/mol. The molecule has 0 amide bonds. The van der Waals surface area contributed by atoms with Crippen molar-refractivity contribution in [2.45, 2.75) is 62.4 Å². The molecule has 0 radical (unpaired) electrons. The molecule has 3 rings (SSSR count). The molecule has 0 spiro atoms. The van der Waals surface area contributed by atoms with Crippen LogP contribution in [0, 0.1) is 6.92 Å². The molecular weight excluding hydrogens is 536 g/mol. The fourth-order valence-electron chi connectivity index (χ4n) is 3.51. The average Bonchev–Trinajstić information content (AvgIpc) is 3.14. The van der Waals surface area contributed by atoms with E-state index < -0.39 is 89.2 Å². The number of hydrogen-bond donors (Lipinski definition) is 8. The Morgan fingerprint density at radius 1 is 1.14 bits per heavy atom. The molecule has 0 saturated carbocycles. The molecule has 20 heteroatoms. The Bertz CT molecular complexity index is 1140. The number of aromatic amines is 1. The molecule has 206 valence electrons. The van der Waals surface area contributed by atoms with Crippen molar-refractivity contribution in [2.24, 2.45) is 5.73 Å². The zero-order valence-electron chi connectivity index (χ0n) is 18.6. The lowest BCUT2D eigenvalue weighted by atomic mass is 9.97. The molecule has 4 unspecified atom stereocenters. The number of nitrogens with zero attached hydrogens (tertiary/aromatic N) is 1. The number of aryl methyl sites for hydroxylation is 1. The molecule has 2 saturated heterocycles. The summed E-state index contributed by atoms with van der Waals surface area (Å²) in [5.74, 6) is 0. The van der Waals surface area contributed by atoms with E-state index in [0.29, 0.717) is 0 Å². The van der Waals surface area contributed by atoms with Crippen LogP contribution in [0.25, 0.3) is 0 Å². The number of aliphatic hydroxyl groups excluding tert-OH is 4. The number of nitrogens with one attached hydrogen (secondary N) is 1. The molecule has 2 aliphatic rings. The molecule has 1 aromatic heterocycles. The number of aromatic nitrogens is 2. The van der Waals surface area contributed by atoms with Crippen LogP contribution in [0.2, 0.25) is 0 Å². The number of rotatable bonds is 9. The summed E-state index contributed by atoms with van der Waals surface area (Å²) in [5.41, 5.74) is 4.30. The van der Waals surface area contributed by atoms with E-state index in [9.17, 15) is 48.9 Å². The molecule has 9 N–H and O–H groups in total. The standard InChI is InChI=1S/C16H27N3O15P2/c1-6-3-19(16(25)18-14(6)24)10-2-7(21)9(31-10)5-30-35(26,27)34-36(28,29)33-15-13(23)12(22)11(17)8(4-20)32-15/h3,7-13,15,20-23H,2,4-5,17H2,1H3,(H,26,27)(H,28,29)(H,18,24,25)/t7-,8+,9+,10?,11+,12-,13+,15?/m0/s1. The third kappa shape index (κ3) is 6.75. The summed E-state index contributed by atoms with van der Waals surface area (Å²) in [6, 6.07) is -1.27. The van der Waals surface area contributed by atoms with E-state index in [0.717, 1.165) is 4.57 Å². The molecule has 0 aromatic carbocycles. The lowest BCUT2D eigenvalue weighted by molar-refractivity contribution is -0.251. The van der Waals surface area contributed by atoms with Crippen LogP contribution in [0.1, 0.15) is 18.2 Å². The summed E-state index contributed by atoms with van der Waals surface area (Å²) in [6.45, 7) is -0.157. The van der Waals surface area contributed by atoms with Crippen molar-refractivity contribution in [2.75, 3.05) is 13.2 Å². The quantitative estimate of drug-likeness (QED) is 0.135. The van der Waals surface area contributed by atoms with Crippen molar-refractivity contribution in [1.82, 2.24) is 9.55 Å². The summed E-state index contributed by atoms with van der Waals surface area (Å²) < 4.78 is 49.1. The smallest absolute Gasteiger partial charge is 0.394 e. The van der Waals surface area contributed by atoms with Gasteiger partial charge >= 0.3 is 21.3 Å². The summed E-state index contributed by atoms with van der Waals surface area (Å²) in [5, 5.41) is 39.2. The summed E-state index contributed by atoms with van der Waals surface area (Å²) >= 11 is 0. The maximum Gasteiger partial charge on any atom is 0.483 e. The van der Waals surface area contributed by atoms with Gasteiger partial charge in [-0.25, -0.2) is 13.9 Å². The van der Waals surface area contributed by atoms with Crippen LogP contribution in [0.15, 0.2) is 15.8 Å². The summed E-state index contributed by atoms with van der Waals surface area (Å²) in [7, 11) is -10.9. The second kappa shape index (κ2) is 11.2. The first-order chi connectivity index (χ1) is 16.6. The van der Waals surface area contributed by atoms with Gasteiger partial charge in [-0.15, -0.1) is 0 Å². The minimum absolute atomic E-state index is 0.162. The first kappa shape index (κ1) is 29.2. The van der Waals surface area contributed by atoms with E-state index in [1.807, 2.05) is 0 Å². The molecule has 0 aliphatic carbocycles. The van der Waals surface area contributed by atoms with Gasteiger partial charge in [0.25, 0.3) is 5.56 Å². The molecule has 36 heavy (non-hydrogen) atoms. The molecular formula is C16H27N3O15P2. The normalized spacial score (nSPS) is 36.3. The van der Waals surface area contributed by atoms with E-state index in [2.05, 4.69) is 18.3 Å². The highest BCUT2D eigenvalue weighted by Gasteiger charge is 2.48. The number of ether oxygens (including phenoxy) is 2.